The number of aryl methyl sites for hydroxylation is 1. The molecule has 0 unspecified atom stereocenters. The fraction of sp³-hybridized carbons (Fsp3) is 0.500. The van der Waals surface area contributed by atoms with Crippen molar-refractivity contribution in [2.45, 2.75) is 38.5 Å². The van der Waals surface area contributed by atoms with Gasteiger partial charge in [-0.15, -0.1) is 0 Å². The molecule has 2 aromatic rings. The number of benzene rings is 2. The van der Waals surface area contributed by atoms with E-state index in [9.17, 15) is 4.79 Å². The molecule has 1 amide bonds. The molecule has 4 rings (SSSR count). The van der Waals surface area contributed by atoms with E-state index in [2.05, 4.69) is 4.90 Å². The average molecular weight is 439 g/mol. The maximum Gasteiger partial charge on any atom is 0.258 e. The minimum atomic E-state index is -0.00480. The van der Waals surface area contributed by atoms with Gasteiger partial charge < -0.3 is 24.0 Å². The van der Waals surface area contributed by atoms with Crippen LogP contribution in [0.4, 0.5) is 5.69 Å². The number of amides is 1. The molecule has 0 aliphatic carbocycles. The number of hydrogen-bond donors (Lipinski definition) is 0. The Bertz CT molecular complexity index is 907. The molecule has 0 atom stereocenters. The highest BCUT2D eigenvalue weighted by Crippen LogP contribution is 2.38. The van der Waals surface area contributed by atoms with Crippen LogP contribution in [0.5, 0.6) is 17.2 Å². The molecule has 172 valence electrons. The third-order valence-corrected chi connectivity index (χ3v) is 6.39. The minimum absolute atomic E-state index is 0.00480. The van der Waals surface area contributed by atoms with Crippen molar-refractivity contribution in [1.29, 1.82) is 0 Å². The van der Waals surface area contributed by atoms with E-state index >= 15 is 0 Å². The van der Waals surface area contributed by atoms with Crippen molar-refractivity contribution in [2.75, 3.05) is 51.9 Å². The van der Waals surface area contributed by atoms with Crippen LogP contribution in [0.25, 0.3) is 0 Å². The maximum absolute atomic E-state index is 13.3. The lowest BCUT2D eigenvalue weighted by atomic mass is 9.99. The van der Waals surface area contributed by atoms with Gasteiger partial charge in [-0.2, -0.15) is 0 Å². The number of piperidine rings is 1. The van der Waals surface area contributed by atoms with Crippen LogP contribution in [0.3, 0.4) is 0 Å². The number of carbonyl (C=O) groups is 1. The molecule has 2 aliphatic rings. The van der Waals surface area contributed by atoms with Gasteiger partial charge in [0.15, 0.2) is 11.5 Å². The number of anilines is 1. The second kappa shape index (κ2) is 10.7. The Hall–Kier alpha value is -2.73. The molecular weight excluding hydrogens is 404 g/mol. The van der Waals surface area contributed by atoms with Crippen LogP contribution in [0.15, 0.2) is 36.4 Å². The van der Waals surface area contributed by atoms with Gasteiger partial charge in [-0.3, -0.25) is 4.79 Å². The summed E-state index contributed by atoms with van der Waals surface area (Å²) in [7, 11) is 3.25. The maximum atomic E-state index is 13.3. The van der Waals surface area contributed by atoms with Gasteiger partial charge in [0.2, 0.25) is 0 Å². The lowest BCUT2D eigenvalue weighted by Crippen LogP contribution is -2.35. The zero-order valence-electron chi connectivity index (χ0n) is 19.3. The fourth-order valence-electron chi connectivity index (χ4n) is 4.63. The summed E-state index contributed by atoms with van der Waals surface area (Å²) in [5, 5.41) is 0. The molecule has 0 saturated carbocycles. The SMILES string of the molecule is COc1cc2c(cc1OC)N(C(=O)c1ccc(OCCCN3CCCCC3)cc1)CCC2. The first-order chi connectivity index (χ1) is 15.7. The average Bonchev–Trinajstić information content (AvgIpc) is 2.86. The number of hydrogen-bond acceptors (Lipinski definition) is 5. The smallest absolute Gasteiger partial charge is 0.258 e. The molecule has 0 radical (unpaired) electrons. The van der Waals surface area contributed by atoms with Crippen LogP contribution in [-0.4, -0.2) is 57.8 Å². The summed E-state index contributed by atoms with van der Waals surface area (Å²) in [6, 6.07) is 11.4. The van der Waals surface area contributed by atoms with Crippen molar-refractivity contribution in [3.05, 3.63) is 47.5 Å². The van der Waals surface area contributed by atoms with Crippen molar-refractivity contribution >= 4 is 11.6 Å². The van der Waals surface area contributed by atoms with E-state index in [4.69, 9.17) is 14.2 Å². The van der Waals surface area contributed by atoms with E-state index in [0.29, 0.717) is 30.2 Å². The molecule has 1 saturated heterocycles. The van der Waals surface area contributed by atoms with Crippen molar-refractivity contribution in [2.24, 2.45) is 0 Å². The Kier molecular flexibility index (Phi) is 7.53. The number of nitrogens with zero attached hydrogens (tertiary/aromatic N) is 2. The van der Waals surface area contributed by atoms with Crippen molar-refractivity contribution in [3.8, 4) is 17.2 Å². The molecule has 2 aromatic carbocycles. The molecule has 2 aliphatic heterocycles. The van der Waals surface area contributed by atoms with Crippen LogP contribution >= 0.6 is 0 Å². The van der Waals surface area contributed by atoms with Gasteiger partial charge in [-0.1, -0.05) is 6.42 Å². The summed E-state index contributed by atoms with van der Waals surface area (Å²) < 4.78 is 16.8. The van der Waals surface area contributed by atoms with E-state index in [1.54, 1.807) is 14.2 Å². The zero-order valence-corrected chi connectivity index (χ0v) is 19.3. The van der Waals surface area contributed by atoms with Gasteiger partial charge in [0.25, 0.3) is 5.91 Å². The highest BCUT2D eigenvalue weighted by atomic mass is 16.5. The Morgan fingerprint density at radius 2 is 1.62 bits per heavy atom. The Balaban J connectivity index is 1.37. The topological polar surface area (TPSA) is 51.2 Å². The first-order valence-electron chi connectivity index (χ1n) is 11.7. The molecule has 2 heterocycles. The van der Waals surface area contributed by atoms with E-state index in [0.717, 1.165) is 42.8 Å². The fourth-order valence-corrected chi connectivity index (χ4v) is 4.63. The second-order valence-electron chi connectivity index (χ2n) is 8.52. The number of carbonyl (C=O) groups excluding carboxylic acids is 1. The van der Waals surface area contributed by atoms with Gasteiger partial charge >= 0.3 is 0 Å². The molecule has 0 bridgehead atoms. The van der Waals surface area contributed by atoms with Crippen LogP contribution in [0, 0.1) is 0 Å². The number of likely N-dealkylation sites (tertiary alicyclic amines) is 1. The van der Waals surface area contributed by atoms with Gasteiger partial charge in [0, 0.05) is 24.7 Å². The highest BCUT2D eigenvalue weighted by molar-refractivity contribution is 6.07. The van der Waals surface area contributed by atoms with E-state index < -0.39 is 0 Å². The quantitative estimate of drug-likeness (QED) is 0.566. The molecule has 32 heavy (non-hydrogen) atoms. The molecule has 0 aromatic heterocycles. The predicted octanol–water partition coefficient (Wildman–Crippen LogP) is 4.55. The summed E-state index contributed by atoms with van der Waals surface area (Å²) >= 11 is 0. The van der Waals surface area contributed by atoms with Crippen molar-refractivity contribution in [1.82, 2.24) is 4.90 Å². The number of rotatable bonds is 8. The molecule has 6 nitrogen and oxygen atoms in total. The first-order valence-corrected chi connectivity index (χ1v) is 11.7. The van der Waals surface area contributed by atoms with Crippen LogP contribution in [0.1, 0.15) is 48.0 Å². The molecular formula is C26H34N2O4. The van der Waals surface area contributed by atoms with Crippen LogP contribution < -0.4 is 19.1 Å². The lowest BCUT2D eigenvalue weighted by molar-refractivity contribution is 0.0985. The third kappa shape index (κ3) is 5.18. The minimum Gasteiger partial charge on any atom is -0.494 e. The Morgan fingerprint density at radius 1 is 0.906 bits per heavy atom. The number of fused-ring (bicyclic) bond motifs is 1. The van der Waals surface area contributed by atoms with Crippen LogP contribution in [-0.2, 0) is 6.42 Å². The number of methoxy groups -OCH3 is 2. The van der Waals surface area contributed by atoms with Gasteiger partial charge in [0.05, 0.1) is 26.5 Å². The summed E-state index contributed by atoms with van der Waals surface area (Å²) in [5.74, 6) is 2.14. The highest BCUT2D eigenvalue weighted by Gasteiger charge is 2.25. The Labute approximate surface area is 191 Å². The standard InChI is InChI=1S/C26H34N2O4/c1-30-24-18-21-8-6-16-28(23(21)19-25(24)31-2)26(29)20-9-11-22(12-10-20)32-17-7-15-27-13-4-3-5-14-27/h9-12,18-19H,3-8,13-17H2,1-2H3. The van der Waals surface area contributed by atoms with E-state index in [1.165, 1.54) is 32.4 Å². The lowest BCUT2D eigenvalue weighted by Gasteiger charge is -2.30. The molecule has 0 N–H and O–H groups in total. The van der Waals surface area contributed by atoms with Crippen molar-refractivity contribution < 1.29 is 19.0 Å². The number of ether oxygens (including phenoxy) is 3. The van der Waals surface area contributed by atoms with Crippen LogP contribution in [0.2, 0.25) is 0 Å². The van der Waals surface area contributed by atoms with Gasteiger partial charge in [0.1, 0.15) is 5.75 Å². The Morgan fingerprint density at radius 3 is 2.34 bits per heavy atom. The van der Waals surface area contributed by atoms with Crippen molar-refractivity contribution in [3.63, 3.8) is 0 Å². The van der Waals surface area contributed by atoms with Gasteiger partial charge in [-0.25, -0.2) is 0 Å². The molecule has 0 spiro atoms. The summed E-state index contributed by atoms with van der Waals surface area (Å²) in [6.45, 7) is 4.92. The summed E-state index contributed by atoms with van der Waals surface area (Å²) in [4.78, 5) is 17.6. The summed E-state index contributed by atoms with van der Waals surface area (Å²) in [5.41, 5.74) is 2.67. The largest absolute Gasteiger partial charge is 0.494 e. The van der Waals surface area contributed by atoms with E-state index in [-0.39, 0.29) is 5.91 Å². The van der Waals surface area contributed by atoms with Gasteiger partial charge in [-0.05, 0) is 81.1 Å². The zero-order chi connectivity index (χ0) is 22.3. The normalized spacial score (nSPS) is 16.4. The first kappa shape index (κ1) is 22.5. The molecule has 1 fully saturated rings. The monoisotopic (exact) mass is 438 g/mol. The van der Waals surface area contributed by atoms with E-state index in [1.807, 2.05) is 41.3 Å². The third-order valence-electron chi connectivity index (χ3n) is 6.39. The second-order valence-corrected chi connectivity index (χ2v) is 8.52. The summed E-state index contributed by atoms with van der Waals surface area (Å²) in [6.07, 6.45) is 6.87. The molecule has 6 heteroatoms. The predicted molar refractivity (Wildman–Crippen MR) is 126 cm³/mol.